The predicted octanol–water partition coefficient (Wildman–Crippen LogP) is 6.05. The van der Waals surface area contributed by atoms with Crippen molar-refractivity contribution in [3.8, 4) is 0 Å². The fourth-order valence-corrected chi connectivity index (χ4v) is 10.4. The highest BCUT2D eigenvalue weighted by Gasteiger charge is 2.74. The molecule has 1 aliphatic carbocycles. The number of hydrogen-bond donors (Lipinski definition) is 2. The minimum absolute atomic E-state index is 0.166. The molecule has 3 bridgehead atoms. The Hall–Kier alpha value is -2.18. The van der Waals surface area contributed by atoms with Crippen molar-refractivity contribution in [2.24, 2.45) is 11.3 Å². The van der Waals surface area contributed by atoms with E-state index in [1.54, 1.807) is 5.57 Å². The van der Waals surface area contributed by atoms with E-state index in [0.717, 1.165) is 19.4 Å². The van der Waals surface area contributed by atoms with E-state index in [4.69, 9.17) is 4.74 Å². The summed E-state index contributed by atoms with van der Waals surface area (Å²) in [6.45, 7) is 5.98. The van der Waals surface area contributed by atoms with E-state index in [1.165, 1.54) is 99.7 Å². The number of piperidine rings is 1. The van der Waals surface area contributed by atoms with Crippen LogP contribution in [0.2, 0.25) is 0 Å². The SMILES string of the molecule is C1=C([C@@H]2NCCc3c2[nH]c2ccccc32)[C@@H]2CCN3CCCC/C=C\CC4O[C@]14[C@@H]1N4CCCC/C=C\[C@H]4C[C@@]12C3. The number of nitrogens with one attached hydrogen (secondary N) is 2. The lowest BCUT2D eigenvalue weighted by Gasteiger charge is -2.56. The molecule has 41 heavy (non-hydrogen) atoms. The standard InChI is InChI=1S/C36H46N4O/c1-2-7-15-31-36(41-31)23-28(32-33-27(16-18-37-32)26-13-8-9-14-30(26)38-33)29-17-21-39(19-10-4-1)24-35(29)22-25-12-6-3-5-11-20-40(25)34(35)36/h2,6-9,12-14,23,25,29,31-32,34,37-38H,1,3-5,10-11,15-22,24H2/b7-2-,12-6-/t25-,29-,31?,32-,34+,35-,36+/m0/s1. The van der Waals surface area contributed by atoms with Gasteiger partial charge in [0.2, 0.25) is 0 Å². The third-order valence-electron chi connectivity index (χ3n) is 12.1. The van der Waals surface area contributed by atoms with Crippen LogP contribution in [0.5, 0.6) is 0 Å². The molecule has 5 heteroatoms. The molecule has 5 nitrogen and oxygen atoms in total. The van der Waals surface area contributed by atoms with Crippen molar-refractivity contribution in [1.82, 2.24) is 20.1 Å². The summed E-state index contributed by atoms with van der Waals surface area (Å²) < 4.78 is 7.08. The Kier molecular flexibility index (Phi) is 5.97. The van der Waals surface area contributed by atoms with Gasteiger partial charge in [0.1, 0.15) is 5.60 Å². The highest BCUT2D eigenvalue weighted by molar-refractivity contribution is 5.85. The van der Waals surface area contributed by atoms with Crippen molar-refractivity contribution in [1.29, 1.82) is 0 Å². The summed E-state index contributed by atoms with van der Waals surface area (Å²) in [6.07, 6.45) is 25.4. The van der Waals surface area contributed by atoms with Crippen molar-refractivity contribution in [2.45, 2.75) is 94.0 Å². The summed E-state index contributed by atoms with van der Waals surface area (Å²) >= 11 is 0. The minimum atomic E-state index is -0.166. The van der Waals surface area contributed by atoms with Crippen LogP contribution in [0.1, 0.15) is 75.1 Å². The number of para-hydroxylation sites is 1. The summed E-state index contributed by atoms with van der Waals surface area (Å²) in [6, 6.07) is 10.2. The molecule has 6 aliphatic heterocycles. The second-order valence-electron chi connectivity index (χ2n) is 14.2. The van der Waals surface area contributed by atoms with E-state index >= 15 is 0 Å². The van der Waals surface area contributed by atoms with Gasteiger partial charge < -0.3 is 19.9 Å². The molecule has 0 amide bonds. The number of hydrogen-bond acceptors (Lipinski definition) is 4. The van der Waals surface area contributed by atoms with Gasteiger partial charge in [-0.2, -0.15) is 0 Å². The Bertz CT molecular complexity index is 1420. The van der Waals surface area contributed by atoms with Crippen molar-refractivity contribution in [3.63, 3.8) is 0 Å². The number of benzene rings is 1. The lowest BCUT2D eigenvalue weighted by Crippen LogP contribution is -2.63. The van der Waals surface area contributed by atoms with Crippen molar-refractivity contribution in [3.05, 3.63) is 71.5 Å². The summed E-state index contributed by atoms with van der Waals surface area (Å²) in [4.78, 5) is 9.74. The van der Waals surface area contributed by atoms with Crippen LogP contribution in [-0.2, 0) is 11.2 Å². The number of ether oxygens (including phenoxy) is 1. The van der Waals surface area contributed by atoms with Gasteiger partial charge in [-0.05, 0) is 113 Å². The zero-order valence-corrected chi connectivity index (χ0v) is 24.5. The molecule has 9 rings (SSSR count). The molecule has 0 radical (unpaired) electrons. The lowest BCUT2D eigenvalue weighted by molar-refractivity contribution is -0.0265. The number of nitrogens with zero attached hydrogens (tertiary/aromatic N) is 2. The summed E-state index contributed by atoms with van der Waals surface area (Å²) in [5, 5.41) is 5.48. The fourth-order valence-electron chi connectivity index (χ4n) is 10.4. The molecule has 0 saturated carbocycles. The summed E-state index contributed by atoms with van der Waals surface area (Å²) in [5.74, 6) is 0.594. The summed E-state index contributed by atoms with van der Waals surface area (Å²) in [5.41, 5.74) is 5.97. The van der Waals surface area contributed by atoms with Crippen LogP contribution in [-0.4, -0.2) is 71.3 Å². The molecule has 216 valence electrons. The maximum absolute atomic E-state index is 7.08. The van der Waals surface area contributed by atoms with Crippen molar-refractivity contribution < 1.29 is 4.74 Å². The van der Waals surface area contributed by atoms with Gasteiger partial charge in [-0.1, -0.05) is 42.5 Å². The van der Waals surface area contributed by atoms with E-state index in [9.17, 15) is 0 Å². The molecular formula is C36H46N4O. The smallest absolute Gasteiger partial charge is 0.130 e. The van der Waals surface area contributed by atoms with Crippen molar-refractivity contribution in [2.75, 3.05) is 32.7 Å². The molecule has 1 aromatic heterocycles. The first kappa shape index (κ1) is 25.3. The van der Waals surface area contributed by atoms with Crippen LogP contribution in [0.15, 0.2) is 60.2 Å². The number of fused-ring (bicyclic) bond motifs is 5. The van der Waals surface area contributed by atoms with E-state index in [1.807, 2.05) is 0 Å². The van der Waals surface area contributed by atoms with Gasteiger partial charge >= 0.3 is 0 Å². The highest BCUT2D eigenvalue weighted by atomic mass is 16.6. The Morgan fingerprint density at radius 2 is 1.85 bits per heavy atom. The van der Waals surface area contributed by atoms with E-state index in [2.05, 4.69) is 74.7 Å². The van der Waals surface area contributed by atoms with Crippen molar-refractivity contribution >= 4 is 10.9 Å². The molecule has 2 spiro atoms. The fraction of sp³-hybridized carbons (Fsp3) is 0.611. The zero-order chi connectivity index (χ0) is 27.0. The molecule has 3 fully saturated rings. The number of aromatic nitrogens is 1. The third kappa shape index (κ3) is 3.81. The average molecular weight is 551 g/mol. The molecule has 2 aromatic rings. The van der Waals surface area contributed by atoms with Gasteiger partial charge in [0.15, 0.2) is 0 Å². The second-order valence-corrected chi connectivity index (χ2v) is 14.2. The molecular weight excluding hydrogens is 504 g/mol. The minimum Gasteiger partial charge on any atom is -0.360 e. The maximum atomic E-state index is 7.08. The molecule has 7 heterocycles. The van der Waals surface area contributed by atoms with Gasteiger partial charge in [0, 0.05) is 41.1 Å². The van der Waals surface area contributed by atoms with Crippen LogP contribution < -0.4 is 5.32 Å². The topological polar surface area (TPSA) is 46.8 Å². The Balaban J connectivity index is 1.22. The average Bonchev–Trinajstić information content (AvgIpc) is 3.35. The highest BCUT2D eigenvalue weighted by Crippen LogP contribution is 2.66. The third-order valence-corrected chi connectivity index (χ3v) is 12.1. The molecule has 1 aromatic carbocycles. The van der Waals surface area contributed by atoms with Gasteiger partial charge in [0.25, 0.3) is 0 Å². The van der Waals surface area contributed by atoms with Crippen LogP contribution in [0.4, 0.5) is 0 Å². The molecule has 2 N–H and O–H groups in total. The first-order chi connectivity index (χ1) is 20.3. The molecule has 3 saturated heterocycles. The van der Waals surface area contributed by atoms with Gasteiger partial charge in [-0.3, -0.25) is 4.90 Å². The number of aromatic amines is 1. The zero-order valence-electron chi connectivity index (χ0n) is 24.5. The summed E-state index contributed by atoms with van der Waals surface area (Å²) in [7, 11) is 0. The second kappa shape index (κ2) is 9.67. The van der Waals surface area contributed by atoms with E-state index in [0.29, 0.717) is 24.1 Å². The van der Waals surface area contributed by atoms with Crippen LogP contribution in [0.3, 0.4) is 0 Å². The number of allylic oxidation sites excluding steroid dienone is 2. The number of epoxide rings is 1. The monoisotopic (exact) mass is 550 g/mol. The van der Waals surface area contributed by atoms with Crippen LogP contribution in [0, 0.1) is 11.3 Å². The first-order valence-corrected chi connectivity index (χ1v) is 16.8. The Morgan fingerprint density at radius 3 is 2.83 bits per heavy atom. The lowest BCUT2D eigenvalue weighted by atomic mass is 9.55. The Labute approximate surface area is 245 Å². The quantitative estimate of drug-likeness (QED) is 0.335. The molecule has 8 atom stereocenters. The number of H-pyrrole nitrogens is 1. The first-order valence-electron chi connectivity index (χ1n) is 16.8. The van der Waals surface area contributed by atoms with Gasteiger partial charge in [-0.15, -0.1) is 0 Å². The Morgan fingerprint density at radius 1 is 0.951 bits per heavy atom. The molecule has 2 unspecified atom stereocenters. The van der Waals surface area contributed by atoms with Gasteiger partial charge in [-0.25, -0.2) is 0 Å². The molecule has 7 aliphatic rings. The largest absolute Gasteiger partial charge is 0.360 e. The normalized spacial score (nSPS) is 43.6. The van der Waals surface area contributed by atoms with E-state index < -0.39 is 0 Å². The van der Waals surface area contributed by atoms with Crippen LogP contribution >= 0.6 is 0 Å². The predicted molar refractivity (Wildman–Crippen MR) is 165 cm³/mol. The number of rotatable bonds is 1. The van der Waals surface area contributed by atoms with Gasteiger partial charge in [0.05, 0.1) is 18.2 Å². The van der Waals surface area contributed by atoms with Crippen LogP contribution in [0.25, 0.3) is 10.9 Å². The van der Waals surface area contributed by atoms with E-state index in [-0.39, 0.29) is 17.1 Å². The maximum Gasteiger partial charge on any atom is 0.130 e.